The Morgan fingerprint density at radius 3 is 2.36 bits per heavy atom. The summed E-state index contributed by atoms with van der Waals surface area (Å²) in [6.45, 7) is 4.00. The zero-order chi connectivity index (χ0) is 18.1. The zero-order valence-corrected chi connectivity index (χ0v) is 15.3. The van der Waals surface area contributed by atoms with Gasteiger partial charge in [-0.3, -0.25) is 9.48 Å². The van der Waals surface area contributed by atoms with E-state index >= 15 is 0 Å². The van der Waals surface area contributed by atoms with Crippen LogP contribution in [0.4, 0.5) is 0 Å². The van der Waals surface area contributed by atoms with Crippen molar-refractivity contribution < 1.29 is 4.79 Å². The molecular weight excluding hydrogens is 357 g/mol. The summed E-state index contributed by atoms with van der Waals surface area (Å²) in [5.41, 5.74) is 9.51. The van der Waals surface area contributed by atoms with Gasteiger partial charge in [-0.15, -0.1) is 0 Å². The number of hydrogen-bond acceptors (Lipinski definition) is 2. The molecule has 4 nitrogen and oxygen atoms in total. The molecule has 2 aromatic carbocycles. The van der Waals surface area contributed by atoms with Gasteiger partial charge in [-0.25, -0.2) is 0 Å². The fourth-order valence-electron chi connectivity index (χ4n) is 2.66. The number of rotatable bonds is 4. The second-order valence-electron chi connectivity index (χ2n) is 5.94. The Bertz CT molecular complexity index is 932. The summed E-state index contributed by atoms with van der Waals surface area (Å²) in [4.78, 5) is 11.6. The molecule has 1 atom stereocenters. The van der Waals surface area contributed by atoms with Crippen molar-refractivity contribution in [2.24, 2.45) is 5.73 Å². The first-order chi connectivity index (χ1) is 11.9. The molecule has 3 rings (SSSR count). The summed E-state index contributed by atoms with van der Waals surface area (Å²) in [7, 11) is 0. The van der Waals surface area contributed by atoms with E-state index < -0.39 is 5.91 Å². The molecule has 0 saturated heterocycles. The minimum absolute atomic E-state index is 0.154. The molecule has 6 heteroatoms. The van der Waals surface area contributed by atoms with Gasteiger partial charge in [0.2, 0.25) is 0 Å². The molecule has 0 aliphatic rings. The third-order valence-corrected chi connectivity index (χ3v) is 4.87. The van der Waals surface area contributed by atoms with Crippen LogP contribution in [0.1, 0.15) is 34.6 Å². The Balaban J connectivity index is 2.11. The van der Waals surface area contributed by atoms with Gasteiger partial charge in [0, 0.05) is 0 Å². The Labute approximate surface area is 156 Å². The monoisotopic (exact) mass is 373 g/mol. The lowest BCUT2D eigenvalue weighted by atomic mass is 10.1. The maximum absolute atomic E-state index is 11.6. The molecule has 1 unspecified atom stereocenters. The van der Waals surface area contributed by atoms with Crippen LogP contribution in [0.3, 0.4) is 0 Å². The predicted molar refractivity (Wildman–Crippen MR) is 101 cm³/mol. The molecule has 25 heavy (non-hydrogen) atoms. The van der Waals surface area contributed by atoms with Crippen LogP contribution in [0, 0.1) is 6.92 Å². The van der Waals surface area contributed by atoms with Gasteiger partial charge in [0.25, 0.3) is 5.91 Å². The molecule has 0 aliphatic heterocycles. The van der Waals surface area contributed by atoms with E-state index in [1.165, 1.54) is 0 Å². The quantitative estimate of drug-likeness (QED) is 0.708. The summed E-state index contributed by atoms with van der Waals surface area (Å²) in [6, 6.07) is 15.0. The average molecular weight is 374 g/mol. The molecule has 0 saturated carbocycles. The summed E-state index contributed by atoms with van der Waals surface area (Å²) >= 11 is 12.1. The molecule has 0 bridgehead atoms. The van der Waals surface area contributed by atoms with Gasteiger partial charge in [0.1, 0.15) is 0 Å². The zero-order valence-electron chi connectivity index (χ0n) is 13.8. The second kappa shape index (κ2) is 6.90. The average Bonchev–Trinajstić information content (AvgIpc) is 3.03. The first-order valence-electron chi connectivity index (χ1n) is 7.78. The molecule has 0 spiro atoms. The van der Waals surface area contributed by atoms with Crippen molar-refractivity contribution >= 4 is 29.1 Å². The molecule has 128 valence electrons. The fourth-order valence-corrected chi connectivity index (χ4v) is 2.97. The topological polar surface area (TPSA) is 60.9 Å². The number of benzene rings is 2. The lowest BCUT2D eigenvalue weighted by Crippen LogP contribution is -2.14. The van der Waals surface area contributed by atoms with E-state index in [-0.39, 0.29) is 11.7 Å². The summed E-state index contributed by atoms with van der Waals surface area (Å²) < 4.78 is 1.78. The van der Waals surface area contributed by atoms with Crippen molar-refractivity contribution in [1.82, 2.24) is 9.78 Å². The third kappa shape index (κ3) is 3.55. The lowest BCUT2D eigenvalue weighted by Gasteiger charge is -2.17. The smallest absolute Gasteiger partial charge is 0.269 e. The number of carbonyl (C=O) groups is 1. The van der Waals surface area contributed by atoms with Crippen LogP contribution in [0.5, 0.6) is 0 Å². The van der Waals surface area contributed by atoms with Crippen LogP contribution in [0.2, 0.25) is 10.0 Å². The maximum atomic E-state index is 11.6. The van der Waals surface area contributed by atoms with E-state index in [0.717, 1.165) is 22.4 Å². The number of nitrogens with two attached hydrogens (primary N) is 1. The minimum Gasteiger partial charge on any atom is -0.364 e. The molecule has 1 amide bonds. The normalized spacial score (nSPS) is 12.2. The van der Waals surface area contributed by atoms with Gasteiger partial charge < -0.3 is 5.73 Å². The maximum Gasteiger partial charge on any atom is 0.269 e. The predicted octanol–water partition coefficient (Wildman–Crippen LogP) is 4.87. The van der Waals surface area contributed by atoms with Crippen molar-refractivity contribution in [2.75, 3.05) is 0 Å². The first kappa shape index (κ1) is 17.5. The van der Waals surface area contributed by atoms with Crippen LogP contribution in [-0.4, -0.2) is 15.7 Å². The van der Waals surface area contributed by atoms with Gasteiger partial charge in [0.15, 0.2) is 5.69 Å². The van der Waals surface area contributed by atoms with Gasteiger partial charge in [0.05, 0.1) is 21.8 Å². The lowest BCUT2D eigenvalue weighted by molar-refractivity contribution is 0.0994. The third-order valence-electron chi connectivity index (χ3n) is 4.13. The van der Waals surface area contributed by atoms with Crippen molar-refractivity contribution in [3.8, 4) is 11.3 Å². The Morgan fingerprint density at radius 1 is 1.08 bits per heavy atom. The molecule has 2 N–H and O–H groups in total. The van der Waals surface area contributed by atoms with E-state index in [0.29, 0.717) is 10.0 Å². The highest BCUT2D eigenvalue weighted by Gasteiger charge is 2.19. The van der Waals surface area contributed by atoms with Crippen LogP contribution >= 0.6 is 23.2 Å². The number of aromatic nitrogens is 2. The molecule has 1 heterocycles. The Kier molecular flexibility index (Phi) is 4.84. The summed E-state index contributed by atoms with van der Waals surface area (Å²) in [6.07, 6.45) is 0. The second-order valence-corrected chi connectivity index (χ2v) is 6.75. The number of amides is 1. The molecular formula is C19H17Cl2N3O. The number of aryl methyl sites for hydroxylation is 1. The summed E-state index contributed by atoms with van der Waals surface area (Å²) in [5, 5.41) is 5.38. The summed E-state index contributed by atoms with van der Waals surface area (Å²) in [5.74, 6) is -0.562. The number of nitrogens with zero attached hydrogens (tertiary/aromatic N) is 2. The van der Waals surface area contributed by atoms with Gasteiger partial charge >= 0.3 is 0 Å². The fraction of sp³-hybridized carbons (Fsp3) is 0.158. The van der Waals surface area contributed by atoms with Crippen LogP contribution < -0.4 is 5.73 Å². The standard InChI is InChI=1S/C19H17Cl2N3O/c1-11-3-5-13(6-4-11)18-10-17(19(22)25)23-24(18)12(2)14-7-8-15(20)16(21)9-14/h3-10,12H,1-2H3,(H2,22,25). The molecule has 0 aliphatic carbocycles. The van der Waals surface area contributed by atoms with Crippen molar-refractivity contribution in [3.05, 3.63) is 75.4 Å². The Hall–Kier alpha value is -2.30. The molecule has 0 fully saturated rings. The van der Waals surface area contributed by atoms with Crippen molar-refractivity contribution in [2.45, 2.75) is 19.9 Å². The number of primary amides is 1. The van der Waals surface area contributed by atoms with Crippen molar-refractivity contribution in [3.63, 3.8) is 0 Å². The van der Waals surface area contributed by atoms with Crippen LogP contribution in [-0.2, 0) is 0 Å². The highest BCUT2D eigenvalue weighted by atomic mass is 35.5. The van der Waals surface area contributed by atoms with E-state index in [4.69, 9.17) is 28.9 Å². The van der Waals surface area contributed by atoms with E-state index in [9.17, 15) is 4.79 Å². The number of halogens is 2. The van der Waals surface area contributed by atoms with Gasteiger partial charge in [-0.05, 0) is 43.2 Å². The van der Waals surface area contributed by atoms with Gasteiger partial charge in [-0.2, -0.15) is 5.10 Å². The van der Waals surface area contributed by atoms with Gasteiger partial charge in [-0.1, -0.05) is 59.1 Å². The highest BCUT2D eigenvalue weighted by molar-refractivity contribution is 6.42. The van der Waals surface area contributed by atoms with E-state index in [2.05, 4.69) is 5.10 Å². The SMILES string of the molecule is Cc1ccc(-c2cc(C(N)=O)nn2C(C)c2ccc(Cl)c(Cl)c2)cc1. The number of carbonyl (C=O) groups excluding carboxylic acids is 1. The van der Waals surface area contributed by atoms with E-state index in [1.54, 1.807) is 22.9 Å². The van der Waals surface area contributed by atoms with Crippen LogP contribution in [0.25, 0.3) is 11.3 Å². The molecule has 3 aromatic rings. The minimum atomic E-state index is -0.562. The first-order valence-corrected chi connectivity index (χ1v) is 8.53. The highest BCUT2D eigenvalue weighted by Crippen LogP contribution is 2.30. The van der Waals surface area contributed by atoms with E-state index in [1.807, 2.05) is 44.2 Å². The Morgan fingerprint density at radius 2 is 1.76 bits per heavy atom. The molecule has 1 aromatic heterocycles. The number of hydrogen-bond donors (Lipinski definition) is 1. The van der Waals surface area contributed by atoms with Crippen LogP contribution in [0.15, 0.2) is 48.5 Å². The molecule has 0 radical (unpaired) electrons. The largest absolute Gasteiger partial charge is 0.364 e. The van der Waals surface area contributed by atoms with Crippen molar-refractivity contribution in [1.29, 1.82) is 0 Å².